The second-order valence-electron chi connectivity index (χ2n) is 4.77. The first-order valence-corrected chi connectivity index (χ1v) is 6.90. The summed E-state index contributed by atoms with van der Waals surface area (Å²) < 4.78 is 2.00. The Bertz CT molecular complexity index is 555. The van der Waals surface area contributed by atoms with E-state index in [0.717, 1.165) is 48.4 Å². The summed E-state index contributed by atoms with van der Waals surface area (Å²) in [4.78, 5) is 2.37. The maximum Gasteiger partial charge on any atom is 0.132 e. The molecule has 1 saturated heterocycles. The summed E-state index contributed by atoms with van der Waals surface area (Å²) in [5.74, 6) is 1.15. The molecule has 1 fully saturated rings. The largest absolute Gasteiger partial charge is 0.354 e. The maximum atomic E-state index is 5.94. The van der Waals surface area contributed by atoms with Gasteiger partial charge in [0.2, 0.25) is 0 Å². The van der Waals surface area contributed by atoms with E-state index in [9.17, 15) is 0 Å². The first-order valence-electron chi connectivity index (χ1n) is 6.52. The third-order valence-corrected chi connectivity index (χ3v) is 3.58. The zero-order valence-electron chi connectivity index (χ0n) is 10.9. The predicted octanol–water partition coefficient (Wildman–Crippen LogP) is 2.24. The van der Waals surface area contributed by atoms with Crippen LogP contribution in [0, 0.1) is 6.92 Å². The van der Waals surface area contributed by atoms with E-state index in [-0.39, 0.29) is 0 Å². The summed E-state index contributed by atoms with van der Waals surface area (Å²) in [5.41, 5.74) is 2.08. The number of nitrogens with one attached hydrogen (secondary N) is 1. The topological polar surface area (TPSA) is 33.1 Å². The predicted molar refractivity (Wildman–Crippen MR) is 78.4 cm³/mol. The Kier molecular flexibility index (Phi) is 3.44. The lowest BCUT2D eigenvalue weighted by Crippen LogP contribution is -2.44. The van der Waals surface area contributed by atoms with Gasteiger partial charge in [-0.3, -0.25) is 0 Å². The summed E-state index contributed by atoms with van der Waals surface area (Å²) >= 11 is 5.94. The smallest absolute Gasteiger partial charge is 0.132 e. The highest BCUT2D eigenvalue weighted by atomic mass is 35.5. The Balaban J connectivity index is 1.98. The van der Waals surface area contributed by atoms with Crippen LogP contribution < -0.4 is 10.2 Å². The zero-order chi connectivity index (χ0) is 13.2. The molecule has 19 heavy (non-hydrogen) atoms. The quantitative estimate of drug-likeness (QED) is 0.913. The lowest BCUT2D eigenvalue weighted by Gasteiger charge is -2.29. The van der Waals surface area contributed by atoms with Gasteiger partial charge in [0.25, 0.3) is 0 Å². The van der Waals surface area contributed by atoms with E-state index in [0.29, 0.717) is 0 Å². The van der Waals surface area contributed by atoms with E-state index in [1.54, 1.807) is 0 Å². The van der Waals surface area contributed by atoms with Gasteiger partial charge in [0, 0.05) is 37.3 Å². The van der Waals surface area contributed by atoms with Crippen LogP contribution in [0.5, 0.6) is 0 Å². The van der Waals surface area contributed by atoms with Crippen LogP contribution in [0.15, 0.2) is 30.3 Å². The molecule has 1 N–H and O–H groups in total. The van der Waals surface area contributed by atoms with Crippen molar-refractivity contribution in [3.8, 4) is 5.69 Å². The Labute approximate surface area is 118 Å². The van der Waals surface area contributed by atoms with Gasteiger partial charge in [-0.25, -0.2) is 4.68 Å². The van der Waals surface area contributed by atoms with Gasteiger partial charge in [-0.1, -0.05) is 11.6 Å². The number of hydrogen-bond donors (Lipinski definition) is 1. The van der Waals surface area contributed by atoms with E-state index in [4.69, 9.17) is 11.6 Å². The van der Waals surface area contributed by atoms with E-state index in [1.807, 2.05) is 35.9 Å². The molecule has 0 spiro atoms. The molecule has 1 aromatic heterocycles. The minimum absolute atomic E-state index is 0.747. The molecule has 2 aromatic rings. The summed E-state index contributed by atoms with van der Waals surface area (Å²) in [6.07, 6.45) is 0. The Morgan fingerprint density at radius 3 is 2.53 bits per heavy atom. The van der Waals surface area contributed by atoms with Gasteiger partial charge in [-0.2, -0.15) is 5.10 Å². The number of halogens is 1. The van der Waals surface area contributed by atoms with Crippen LogP contribution in [0.25, 0.3) is 5.69 Å². The van der Waals surface area contributed by atoms with Gasteiger partial charge in [0.15, 0.2) is 0 Å². The number of piperazine rings is 1. The summed E-state index contributed by atoms with van der Waals surface area (Å²) in [6.45, 7) is 6.09. The van der Waals surface area contributed by atoms with Crippen LogP contribution in [0.3, 0.4) is 0 Å². The fourth-order valence-electron chi connectivity index (χ4n) is 2.38. The van der Waals surface area contributed by atoms with Crippen molar-refractivity contribution in [3.05, 3.63) is 41.0 Å². The van der Waals surface area contributed by atoms with Crippen molar-refractivity contribution >= 4 is 17.4 Å². The summed E-state index contributed by atoms with van der Waals surface area (Å²) in [7, 11) is 0. The molecule has 0 aliphatic carbocycles. The molecular weight excluding hydrogens is 260 g/mol. The third-order valence-electron chi connectivity index (χ3n) is 3.32. The number of rotatable bonds is 2. The van der Waals surface area contributed by atoms with Crippen molar-refractivity contribution in [1.29, 1.82) is 0 Å². The number of aromatic nitrogens is 2. The van der Waals surface area contributed by atoms with Crippen molar-refractivity contribution in [2.24, 2.45) is 0 Å². The highest BCUT2D eigenvalue weighted by Gasteiger charge is 2.16. The maximum absolute atomic E-state index is 5.94. The molecule has 2 heterocycles. The molecular formula is C14H17ClN4. The minimum Gasteiger partial charge on any atom is -0.354 e. The van der Waals surface area contributed by atoms with Crippen LogP contribution in [0.2, 0.25) is 5.02 Å². The van der Waals surface area contributed by atoms with Gasteiger partial charge in [-0.05, 0) is 31.2 Å². The monoisotopic (exact) mass is 276 g/mol. The highest BCUT2D eigenvalue weighted by molar-refractivity contribution is 6.30. The summed E-state index contributed by atoms with van der Waals surface area (Å²) in [5, 5.41) is 8.71. The SMILES string of the molecule is Cc1cc(N2CCNCC2)n(-c2ccc(Cl)cc2)n1. The molecule has 0 atom stereocenters. The highest BCUT2D eigenvalue weighted by Crippen LogP contribution is 2.22. The molecule has 100 valence electrons. The average Bonchev–Trinajstić information content (AvgIpc) is 2.83. The van der Waals surface area contributed by atoms with Crippen molar-refractivity contribution in [2.45, 2.75) is 6.92 Å². The number of benzene rings is 1. The van der Waals surface area contributed by atoms with Crippen molar-refractivity contribution < 1.29 is 0 Å². The van der Waals surface area contributed by atoms with E-state index < -0.39 is 0 Å². The molecule has 0 saturated carbocycles. The number of aryl methyl sites for hydroxylation is 1. The third kappa shape index (κ3) is 2.60. The number of anilines is 1. The first kappa shape index (κ1) is 12.5. The van der Waals surface area contributed by atoms with E-state index in [2.05, 4.69) is 21.4 Å². The lowest BCUT2D eigenvalue weighted by atomic mass is 10.3. The fraction of sp³-hybridized carbons (Fsp3) is 0.357. The van der Waals surface area contributed by atoms with Crippen molar-refractivity contribution in [1.82, 2.24) is 15.1 Å². The van der Waals surface area contributed by atoms with Crippen LogP contribution in [-0.4, -0.2) is 36.0 Å². The molecule has 3 rings (SSSR count). The minimum atomic E-state index is 0.747. The van der Waals surface area contributed by atoms with Gasteiger partial charge >= 0.3 is 0 Å². The molecule has 1 aromatic carbocycles. The Morgan fingerprint density at radius 2 is 1.84 bits per heavy atom. The van der Waals surface area contributed by atoms with Crippen molar-refractivity contribution in [2.75, 3.05) is 31.1 Å². The van der Waals surface area contributed by atoms with Crippen LogP contribution in [0.1, 0.15) is 5.69 Å². The average molecular weight is 277 g/mol. The number of nitrogens with zero attached hydrogens (tertiary/aromatic N) is 3. The molecule has 0 unspecified atom stereocenters. The van der Waals surface area contributed by atoms with Gasteiger partial charge in [0.1, 0.15) is 5.82 Å². The van der Waals surface area contributed by atoms with Crippen LogP contribution in [0.4, 0.5) is 5.82 Å². The molecule has 0 bridgehead atoms. The first-order chi connectivity index (χ1) is 9.24. The normalized spacial score (nSPS) is 15.8. The van der Waals surface area contributed by atoms with Crippen LogP contribution in [-0.2, 0) is 0 Å². The molecule has 1 aliphatic rings. The molecule has 1 aliphatic heterocycles. The number of hydrogen-bond acceptors (Lipinski definition) is 3. The van der Waals surface area contributed by atoms with Crippen LogP contribution >= 0.6 is 11.6 Å². The fourth-order valence-corrected chi connectivity index (χ4v) is 2.50. The molecule has 0 radical (unpaired) electrons. The summed E-state index contributed by atoms with van der Waals surface area (Å²) in [6, 6.07) is 9.94. The van der Waals surface area contributed by atoms with Crippen molar-refractivity contribution in [3.63, 3.8) is 0 Å². The van der Waals surface area contributed by atoms with Gasteiger partial charge in [0.05, 0.1) is 11.4 Å². The van der Waals surface area contributed by atoms with Gasteiger partial charge in [-0.15, -0.1) is 0 Å². The zero-order valence-corrected chi connectivity index (χ0v) is 11.7. The standard InChI is InChI=1S/C14H17ClN4/c1-11-10-14(18-8-6-16-7-9-18)19(17-11)13-4-2-12(15)3-5-13/h2-5,10,16H,6-9H2,1H3. The van der Waals surface area contributed by atoms with E-state index >= 15 is 0 Å². The lowest BCUT2D eigenvalue weighted by molar-refractivity contribution is 0.579. The van der Waals surface area contributed by atoms with Gasteiger partial charge < -0.3 is 10.2 Å². The molecule has 0 amide bonds. The second kappa shape index (κ2) is 5.23. The molecule has 5 heteroatoms. The Hall–Kier alpha value is -1.52. The van der Waals surface area contributed by atoms with E-state index in [1.165, 1.54) is 0 Å². The second-order valence-corrected chi connectivity index (χ2v) is 5.21. The molecule has 4 nitrogen and oxygen atoms in total. The Morgan fingerprint density at radius 1 is 1.16 bits per heavy atom.